The van der Waals surface area contributed by atoms with Crippen LogP contribution >= 0.6 is 0 Å². The number of hydrogen-bond donors (Lipinski definition) is 1. The number of rotatable bonds is 7. The lowest BCUT2D eigenvalue weighted by atomic mass is 10.1. The minimum atomic E-state index is -0.602. The first kappa shape index (κ1) is 15.6. The third-order valence-corrected chi connectivity index (χ3v) is 2.43. The molecule has 0 atom stereocenters. The molecular formula is C14H17NO5. The van der Waals surface area contributed by atoms with Gasteiger partial charge in [0.1, 0.15) is 5.70 Å². The number of nitrogens with one attached hydrogen (secondary N) is 1. The minimum Gasteiger partial charge on any atom is -0.493 e. The highest BCUT2D eigenvalue weighted by Crippen LogP contribution is 2.28. The van der Waals surface area contributed by atoms with E-state index in [1.165, 1.54) is 20.3 Å². The number of ether oxygens (including phenoxy) is 3. The highest BCUT2D eigenvalue weighted by molar-refractivity contribution is 5.95. The minimum absolute atomic E-state index is 0.0501. The van der Waals surface area contributed by atoms with Crippen molar-refractivity contribution >= 4 is 18.5 Å². The van der Waals surface area contributed by atoms with Gasteiger partial charge in [-0.3, -0.25) is 4.79 Å². The van der Waals surface area contributed by atoms with Crippen LogP contribution in [-0.2, 0) is 14.3 Å². The number of amides is 1. The topological polar surface area (TPSA) is 73.9 Å². The Kier molecular flexibility index (Phi) is 6.09. The lowest BCUT2D eigenvalue weighted by Crippen LogP contribution is -2.20. The molecule has 0 saturated carbocycles. The van der Waals surface area contributed by atoms with Gasteiger partial charge in [-0.15, -0.1) is 0 Å². The van der Waals surface area contributed by atoms with E-state index in [0.29, 0.717) is 23.5 Å². The van der Waals surface area contributed by atoms with Crippen molar-refractivity contribution in [2.75, 3.05) is 20.8 Å². The second kappa shape index (κ2) is 7.83. The fourth-order valence-corrected chi connectivity index (χ4v) is 1.54. The van der Waals surface area contributed by atoms with Gasteiger partial charge < -0.3 is 19.5 Å². The molecule has 0 aliphatic rings. The van der Waals surface area contributed by atoms with Gasteiger partial charge in [-0.2, -0.15) is 0 Å². The van der Waals surface area contributed by atoms with E-state index in [0.717, 1.165) is 0 Å². The summed E-state index contributed by atoms with van der Waals surface area (Å²) in [5.41, 5.74) is 0.717. The average molecular weight is 279 g/mol. The summed E-state index contributed by atoms with van der Waals surface area (Å²) < 4.78 is 15.1. The summed E-state index contributed by atoms with van der Waals surface area (Å²) in [6.07, 6.45) is 1.91. The van der Waals surface area contributed by atoms with Gasteiger partial charge in [0.05, 0.1) is 20.8 Å². The quantitative estimate of drug-likeness (QED) is 0.463. The molecular weight excluding hydrogens is 262 g/mol. The molecule has 108 valence electrons. The van der Waals surface area contributed by atoms with Gasteiger partial charge in [0, 0.05) is 0 Å². The van der Waals surface area contributed by atoms with Crippen molar-refractivity contribution in [2.24, 2.45) is 0 Å². The van der Waals surface area contributed by atoms with Crippen molar-refractivity contribution in [1.82, 2.24) is 5.32 Å². The van der Waals surface area contributed by atoms with Gasteiger partial charge in [0.15, 0.2) is 11.5 Å². The zero-order valence-corrected chi connectivity index (χ0v) is 11.6. The van der Waals surface area contributed by atoms with Crippen LogP contribution < -0.4 is 14.8 Å². The van der Waals surface area contributed by atoms with Crippen molar-refractivity contribution in [3.63, 3.8) is 0 Å². The number of carbonyl (C=O) groups is 2. The van der Waals surface area contributed by atoms with E-state index >= 15 is 0 Å². The molecule has 0 aliphatic carbocycles. The molecule has 0 saturated heterocycles. The number of carbonyl (C=O) groups excluding carboxylic acids is 2. The first-order valence-electron chi connectivity index (χ1n) is 5.97. The SMILES string of the molecule is CCOC(=O)/C(=C\c1ccc(OC)c(OC)c1)NC=O. The Labute approximate surface area is 117 Å². The zero-order valence-electron chi connectivity index (χ0n) is 11.6. The van der Waals surface area contributed by atoms with Crippen molar-refractivity contribution < 1.29 is 23.8 Å². The Morgan fingerprint density at radius 2 is 1.95 bits per heavy atom. The van der Waals surface area contributed by atoms with E-state index in [9.17, 15) is 9.59 Å². The first-order valence-corrected chi connectivity index (χ1v) is 5.97. The summed E-state index contributed by atoms with van der Waals surface area (Å²) in [5, 5.41) is 2.32. The summed E-state index contributed by atoms with van der Waals surface area (Å²) in [5.74, 6) is 0.496. The molecule has 0 unspecified atom stereocenters. The molecule has 6 heteroatoms. The maximum atomic E-state index is 11.6. The standard InChI is InChI=1S/C14H17NO5/c1-4-20-14(17)11(15-9-16)7-10-5-6-12(18-2)13(8-10)19-3/h5-9H,4H2,1-3H3,(H,15,16)/b11-7+. The van der Waals surface area contributed by atoms with Crippen LogP contribution in [0.15, 0.2) is 23.9 Å². The molecule has 1 amide bonds. The number of benzene rings is 1. The molecule has 0 aliphatic heterocycles. The smallest absolute Gasteiger partial charge is 0.354 e. The molecule has 0 aromatic heterocycles. The van der Waals surface area contributed by atoms with Crippen LogP contribution in [0.3, 0.4) is 0 Å². The van der Waals surface area contributed by atoms with Crippen LogP contribution in [0.25, 0.3) is 6.08 Å². The van der Waals surface area contributed by atoms with Crippen LogP contribution in [0.4, 0.5) is 0 Å². The third-order valence-electron chi connectivity index (χ3n) is 2.43. The van der Waals surface area contributed by atoms with E-state index in [1.807, 2.05) is 0 Å². The second-order valence-corrected chi connectivity index (χ2v) is 3.66. The monoisotopic (exact) mass is 279 g/mol. The van der Waals surface area contributed by atoms with Gasteiger partial charge in [-0.05, 0) is 30.7 Å². The van der Waals surface area contributed by atoms with Gasteiger partial charge >= 0.3 is 5.97 Å². The predicted molar refractivity (Wildman–Crippen MR) is 73.4 cm³/mol. The Morgan fingerprint density at radius 1 is 1.25 bits per heavy atom. The number of hydrogen-bond acceptors (Lipinski definition) is 5. The molecule has 1 aromatic carbocycles. The first-order chi connectivity index (χ1) is 9.65. The third kappa shape index (κ3) is 4.01. The fourth-order valence-electron chi connectivity index (χ4n) is 1.54. The van der Waals surface area contributed by atoms with Crippen LogP contribution in [0, 0.1) is 0 Å². The Hall–Kier alpha value is -2.50. The molecule has 0 bridgehead atoms. The zero-order chi connectivity index (χ0) is 15.0. The van der Waals surface area contributed by atoms with Gasteiger partial charge in [0.2, 0.25) is 6.41 Å². The van der Waals surface area contributed by atoms with Crippen LogP contribution in [0.2, 0.25) is 0 Å². The predicted octanol–water partition coefficient (Wildman–Crippen LogP) is 1.35. The van der Waals surface area contributed by atoms with Crippen molar-refractivity contribution in [1.29, 1.82) is 0 Å². The van der Waals surface area contributed by atoms with Gasteiger partial charge in [-0.25, -0.2) is 4.79 Å². The summed E-state index contributed by atoms with van der Waals surface area (Å²) in [6.45, 7) is 1.91. The van der Waals surface area contributed by atoms with E-state index < -0.39 is 5.97 Å². The normalized spacial score (nSPS) is 10.7. The number of methoxy groups -OCH3 is 2. The maximum absolute atomic E-state index is 11.6. The van der Waals surface area contributed by atoms with Crippen LogP contribution in [0.1, 0.15) is 12.5 Å². The number of esters is 1. The second-order valence-electron chi connectivity index (χ2n) is 3.66. The van der Waals surface area contributed by atoms with E-state index in [4.69, 9.17) is 14.2 Å². The summed E-state index contributed by atoms with van der Waals surface area (Å²) in [6, 6.07) is 5.12. The largest absolute Gasteiger partial charge is 0.493 e. The molecule has 0 heterocycles. The molecule has 6 nitrogen and oxygen atoms in total. The van der Waals surface area contributed by atoms with E-state index in [2.05, 4.69) is 5.32 Å². The van der Waals surface area contributed by atoms with Crippen molar-refractivity contribution in [3.8, 4) is 11.5 Å². The summed E-state index contributed by atoms with van der Waals surface area (Å²) in [7, 11) is 3.05. The highest BCUT2D eigenvalue weighted by Gasteiger charge is 2.11. The lowest BCUT2D eigenvalue weighted by Gasteiger charge is -2.09. The molecule has 1 N–H and O–H groups in total. The summed E-state index contributed by atoms with van der Waals surface area (Å²) in [4.78, 5) is 22.2. The fraction of sp³-hybridized carbons (Fsp3) is 0.286. The lowest BCUT2D eigenvalue weighted by molar-refractivity contribution is -0.139. The summed E-state index contributed by atoms with van der Waals surface area (Å²) >= 11 is 0. The van der Waals surface area contributed by atoms with Gasteiger partial charge in [-0.1, -0.05) is 6.07 Å². The Balaban J connectivity index is 3.10. The molecule has 0 spiro atoms. The Bertz CT molecular complexity index is 510. The maximum Gasteiger partial charge on any atom is 0.354 e. The van der Waals surface area contributed by atoms with E-state index in [1.54, 1.807) is 25.1 Å². The molecule has 1 aromatic rings. The molecule has 0 radical (unpaired) electrons. The Morgan fingerprint density at radius 3 is 2.50 bits per heavy atom. The highest BCUT2D eigenvalue weighted by atomic mass is 16.5. The van der Waals surface area contributed by atoms with E-state index in [-0.39, 0.29) is 12.3 Å². The van der Waals surface area contributed by atoms with Crippen LogP contribution in [0.5, 0.6) is 11.5 Å². The van der Waals surface area contributed by atoms with Gasteiger partial charge in [0.25, 0.3) is 0 Å². The van der Waals surface area contributed by atoms with Crippen molar-refractivity contribution in [3.05, 3.63) is 29.5 Å². The van der Waals surface area contributed by atoms with Crippen LogP contribution in [-0.4, -0.2) is 33.2 Å². The average Bonchev–Trinajstić information content (AvgIpc) is 2.46. The molecule has 20 heavy (non-hydrogen) atoms. The molecule has 1 rings (SSSR count). The molecule has 0 fully saturated rings. The van der Waals surface area contributed by atoms with Crippen molar-refractivity contribution in [2.45, 2.75) is 6.92 Å².